The van der Waals surface area contributed by atoms with Crippen molar-refractivity contribution in [3.63, 3.8) is 0 Å². The molecule has 2 atom stereocenters. The van der Waals surface area contributed by atoms with E-state index in [1.165, 1.54) is 29.6 Å². The number of aryl methyl sites for hydroxylation is 1. The number of halogens is 4. The Labute approximate surface area is 280 Å². The molecule has 0 aliphatic carbocycles. The molecule has 2 amide bonds. The highest BCUT2D eigenvalue weighted by atomic mass is 32.2. The molecular formula is C33H36F4N6O5S. The van der Waals surface area contributed by atoms with Crippen LogP contribution in [0.25, 0.3) is 16.6 Å². The predicted octanol–water partition coefficient (Wildman–Crippen LogP) is 4.37. The van der Waals surface area contributed by atoms with Gasteiger partial charge in [0, 0.05) is 29.2 Å². The van der Waals surface area contributed by atoms with Crippen molar-refractivity contribution >= 4 is 38.4 Å². The van der Waals surface area contributed by atoms with Crippen LogP contribution in [0.15, 0.2) is 71.8 Å². The molecular weight excluding hydrogens is 668 g/mol. The lowest BCUT2D eigenvalue weighted by molar-refractivity contribution is -0.256. The van der Waals surface area contributed by atoms with Gasteiger partial charge in [0.1, 0.15) is 11.9 Å². The minimum absolute atomic E-state index is 0.190. The fraction of sp³-hybridized carbons (Fsp3) is 0.364. The van der Waals surface area contributed by atoms with Gasteiger partial charge in [-0.3, -0.25) is 9.59 Å². The van der Waals surface area contributed by atoms with Crippen LogP contribution in [0.2, 0.25) is 0 Å². The largest absolute Gasteiger partial charge is 0.420 e. The number of carbonyl (C=O) groups excluding carboxylic acids is 2. The first kappa shape index (κ1) is 35.8. The highest BCUT2D eigenvalue weighted by molar-refractivity contribution is 7.89. The van der Waals surface area contributed by atoms with Crippen molar-refractivity contribution in [2.45, 2.75) is 62.4 Å². The molecule has 1 saturated heterocycles. The zero-order chi connectivity index (χ0) is 35.9. The third-order valence-corrected chi connectivity index (χ3v) is 10.6. The number of primary amides is 1. The van der Waals surface area contributed by atoms with Crippen LogP contribution in [0.4, 0.5) is 23.2 Å². The standard InChI is InChI=1S/C33H36F4N6O5S/c1-20(2)42(49(47,48)25-11-9-23(34)10-12-25)19-32(46,33(35,36)37)18-39-27-14-21(3)15-29-26(27)17-40-43(29)24-7-4-6-22(16-24)31(45)41-13-5-8-28(41)30(38)44/h4,6-7,9-12,14-17,20,28,39,46H,5,8,13,18-19H2,1-3H3,(H2,38,44)/t28-,32?/m1/s1. The second-order valence-electron chi connectivity index (χ2n) is 12.4. The van der Waals surface area contributed by atoms with Crippen LogP contribution in [0.3, 0.4) is 0 Å². The summed E-state index contributed by atoms with van der Waals surface area (Å²) in [4.78, 5) is 26.2. The zero-order valence-corrected chi connectivity index (χ0v) is 27.7. The van der Waals surface area contributed by atoms with Crippen LogP contribution in [0.5, 0.6) is 0 Å². The van der Waals surface area contributed by atoms with Gasteiger partial charge in [0.25, 0.3) is 5.91 Å². The third-order valence-electron chi connectivity index (χ3n) is 8.53. The van der Waals surface area contributed by atoms with Crippen molar-refractivity contribution in [1.29, 1.82) is 0 Å². The molecule has 2 heterocycles. The Morgan fingerprint density at radius 3 is 2.45 bits per heavy atom. The van der Waals surface area contributed by atoms with E-state index in [4.69, 9.17) is 5.73 Å². The number of fused-ring (bicyclic) bond motifs is 1. The number of anilines is 1. The summed E-state index contributed by atoms with van der Waals surface area (Å²) in [5.41, 5.74) is 3.99. The summed E-state index contributed by atoms with van der Waals surface area (Å²) >= 11 is 0. The highest BCUT2D eigenvalue weighted by Gasteiger charge is 2.56. The van der Waals surface area contributed by atoms with E-state index in [0.29, 0.717) is 51.4 Å². The van der Waals surface area contributed by atoms with Crippen LogP contribution >= 0.6 is 0 Å². The molecule has 5 rings (SSSR count). The van der Waals surface area contributed by atoms with Crippen molar-refractivity contribution in [3.8, 4) is 5.69 Å². The number of benzene rings is 3. The molecule has 4 N–H and O–H groups in total. The van der Waals surface area contributed by atoms with Gasteiger partial charge in [-0.15, -0.1) is 0 Å². The molecule has 11 nitrogen and oxygen atoms in total. The van der Waals surface area contributed by atoms with Crippen LogP contribution in [0.1, 0.15) is 42.6 Å². The van der Waals surface area contributed by atoms with E-state index in [-0.39, 0.29) is 11.6 Å². The average molecular weight is 705 g/mol. The number of hydrogen-bond donors (Lipinski definition) is 3. The number of amides is 2. The van der Waals surface area contributed by atoms with Gasteiger partial charge in [-0.05, 0) is 93.8 Å². The van der Waals surface area contributed by atoms with Crippen molar-refractivity contribution in [2.24, 2.45) is 5.73 Å². The summed E-state index contributed by atoms with van der Waals surface area (Å²) in [5, 5.41) is 18.6. The van der Waals surface area contributed by atoms with Gasteiger partial charge in [-0.25, -0.2) is 17.5 Å². The maximum atomic E-state index is 14.5. The van der Waals surface area contributed by atoms with E-state index in [1.807, 2.05) is 0 Å². The predicted molar refractivity (Wildman–Crippen MR) is 174 cm³/mol. The molecule has 1 aliphatic heterocycles. The lowest BCUT2D eigenvalue weighted by atomic mass is 10.0. The number of alkyl halides is 3. The van der Waals surface area contributed by atoms with Gasteiger partial charge in [0.05, 0.1) is 35.4 Å². The Kier molecular flexibility index (Phi) is 9.78. The molecule has 1 fully saturated rings. The fourth-order valence-corrected chi connectivity index (χ4v) is 7.58. The Morgan fingerprint density at radius 2 is 1.82 bits per heavy atom. The molecule has 1 unspecified atom stereocenters. The van der Waals surface area contributed by atoms with Crippen molar-refractivity contribution in [1.82, 2.24) is 19.0 Å². The SMILES string of the molecule is Cc1cc(NCC(O)(CN(C(C)C)S(=O)(=O)c2ccc(F)cc2)C(F)(F)F)c2cnn(-c3cccc(C(=O)N4CCC[C@@H]4C(N)=O)c3)c2c1. The maximum Gasteiger partial charge on any atom is 0.420 e. The Bertz CT molecular complexity index is 1980. The van der Waals surface area contributed by atoms with Gasteiger partial charge in [0.2, 0.25) is 15.9 Å². The second kappa shape index (κ2) is 13.4. The Balaban J connectivity index is 1.45. The van der Waals surface area contributed by atoms with Crippen molar-refractivity contribution in [3.05, 3.63) is 83.8 Å². The molecule has 262 valence electrons. The van der Waals surface area contributed by atoms with Crippen LogP contribution in [0, 0.1) is 12.7 Å². The van der Waals surface area contributed by atoms with Crippen LogP contribution < -0.4 is 11.1 Å². The third kappa shape index (κ3) is 7.12. The van der Waals surface area contributed by atoms with Crippen molar-refractivity contribution < 1.29 is 40.7 Å². The number of nitrogens with two attached hydrogens (primary N) is 1. The molecule has 0 bridgehead atoms. The number of likely N-dealkylation sites (tertiary alicyclic amines) is 1. The number of aromatic nitrogens is 2. The number of nitrogens with one attached hydrogen (secondary N) is 1. The first-order valence-electron chi connectivity index (χ1n) is 15.4. The summed E-state index contributed by atoms with van der Waals surface area (Å²) in [5.74, 6) is -1.68. The molecule has 16 heteroatoms. The molecule has 3 aromatic carbocycles. The van der Waals surface area contributed by atoms with Crippen molar-refractivity contribution in [2.75, 3.05) is 25.0 Å². The highest BCUT2D eigenvalue weighted by Crippen LogP contribution is 2.35. The maximum absolute atomic E-state index is 14.5. The molecule has 1 aromatic heterocycles. The number of aliphatic hydroxyl groups is 1. The lowest BCUT2D eigenvalue weighted by Gasteiger charge is -2.37. The van der Waals surface area contributed by atoms with Gasteiger partial charge >= 0.3 is 6.18 Å². The topological polar surface area (TPSA) is 151 Å². The molecule has 1 aliphatic rings. The van der Waals surface area contributed by atoms with E-state index < -0.39 is 63.6 Å². The quantitative estimate of drug-likeness (QED) is 0.196. The molecule has 0 saturated carbocycles. The fourth-order valence-electron chi connectivity index (χ4n) is 5.89. The summed E-state index contributed by atoms with van der Waals surface area (Å²) in [6.45, 7) is 2.37. The van der Waals surface area contributed by atoms with Crippen LogP contribution in [-0.2, 0) is 14.8 Å². The number of sulfonamides is 1. The monoisotopic (exact) mass is 704 g/mol. The Hall–Kier alpha value is -4.54. The normalized spacial score (nSPS) is 16.8. The first-order chi connectivity index (χ1) is 22.9. The Morgan fingerprint density at radius 1 is 1.12 bits per heavy atom. The summed E-state index contributed by atoms with van der Waals surface area (Å²) < 4.78 is 85.8. The summed E-state index contributed by atoms with van der Waals surface area (Å²) in [7, 11) is -4.57. The van der Waals surface area contributed by atoms with Gasteiger partial charge in [0.15, 0.2) is 5.60 Å². The van der Waals surface area contributed by atoms with Crippen LogP contribution in [-0.4, -0.2) is 87.8 Å². The molecule has 0 radical (unpaired) electrons. The minimum atomic E-state index is -5.27. The molecule has 0 spiro atoms. The number of rotatable bonds is 11. The summed E-state index contributed by atoms with van der Waals surface area (Å²) in [6.07, 6.45) is -2.74. The first-order valence-corrected chi connectivity index (χ1v) is 16.9. The summed E-state index contributed by atoms with van der Waals surface area (Å²) in [6, 6.07) is 11.8. The number of nitrogens with zero attached hydrogens (tertiary/aromatic N) is 4. The molecule has 4 aromatic rings. The van der Waals surface area contributed by atoms with E-state index in [0.717, 1.165) is 24.3 Å². The smallest absolute Gasteiger partial charge is 0.381 e. The lowest BCUT2D eigenvalue weighted by Crippen LogP contribution is -2.59. The molecule has 49 heavy (non-hydrogen) atoms. The second-order valence-corrected chi connectivity index (χ2v) is 14.3. The van der Waals surface area contributed by atoms with E-state index in [9.17, 15) is 40.7 Å². The van der Waals surface area contributed by atoms with E-state index in [2.05, 4.69) is 10.4 Å². The van der Waals surface area contributed by atoms with Gasteiger partial charge < -0.3 is 21.1 Å². The van der Waals surface area contributed by atoms with Gasteiger partial charge in [-0.1, -0.05) is 6.07 Å². The van der Waals surface area contributed by atoms with E-state index in [1.54, 1.807) is 43.3 Å². The zero-order valence-electron chi connectivity index (χ0n) is 26.9. The average Bonchev–Trinajstić information content (AvgIpc) is 3.70. The van der Waals surface area contributed by atoms with Gasteiger partial charge in [-0.2, -0.15) is 22.6 Å². The minimum Gasteiger partial charge on any atom is -0.381 e. The number of hydrogen-bond acceptors (Lipinski definition) is 7. The number of carbonyl (C=O) groups is 2. The van der Waals surface area contributed by atoms with E-state index >= 15 is 0 Å².